The van der Waals surface area contributed by atoms with E-state index in [1.165, 1.54) is 6.92 Å². The number of rotatable bonds is 5. The Morgan fingerprint density at radius 3 is 2.29 bits per heavy atom. The molecule has 0 saturated heterocycles. The van der Waals surface area contributed by atoms with Crippen LogP contribution in [-0.2, 0) is 9.59 Å². The van der Waals surface area contributed by atoms with E-state index in [1.54, 1.807) is 11.8 Å². The van der Waals surface area contributed by atoms with Gasteiger partial charge in [-0.2, -0.15) is 11.8 Å². The van der Waals surface area contributed by atoms with Gasteiger partial charge in [0.05, 0.1) is 0 Å². The Morgan fingerprint density at radius 2 is 2.00 bits per heavy atom. The second-order valence-electron chi connectivity index (χ2n) is 3.76. The van der Waals surface area contributed by atoms with Gasteiger partial charge in [0.25, 0.3) is 0 Å². The van der Waals surface area contributed by atoms with Crippen molar-refractivity contribution in [2.24, 2.45) is 0 Å². The van der Waals surface area contributed by atoms with Crippen molar-refractivity contribution in [3.05, 3.63) is 0 Å². The summed E-state index contributed by atoms with van der Waals surface area (Å²) < 4.78 is -0.147. The summed E-state index contributed by atoms with van der Waals surface area (Å²) in [5, 5.41) is 11.3. The van der Waals surface area contributed by atoms with E-state index in [1.807, 2.05) is 20.1 Å². The zero-order valence-corrected chi connectivity index (χ0v) is 9.77. The van der Waals surface area contributed by atoms with Crippen LogP contribution in [0, 0.1) is 0 Å². The summed E-state index contributed by atoms with van der Waals surface area (Å²) in [6, 6.07) is -0.796. The third kappa shape index (κ3) is 5.11. The number of carboxylic acid groups (broad SMARTS) is 1. The number of carbonyl (C=O) groups excluding carboxylic acids is 1. The topological polar surface area (TPSA) is 66.4 Å². The smallest absolute Gasteiger partial charge is 0.326 e. The summed E-state index contributed by atoms with van der Waals surface area (Å²) in [6.45, 7) is 5.23. The van der Waals surface area contributed by atoms with Crippen LogP contribution in [0.5, 0.6) is 0 Å². The normalized spacial score (nSPS) is 13.4. The van der Waals surface area contributed by atoms with Crippen LogP contribution in [0.2, 0.25) is 0 Å². The van der Waals surface area contributed by atoms with E-state index in [9.17, 15) is 9.59 Å². The fourth-order valence-corrected chi connectivity index (χ4v) is 1.35. The third-order valence-electron chi connectivity index (χ3n) is 1.92. The van der Waals surface area contributed by atoms with Crippen LogP contribution < -0.4 is 5.32 Å². The van der Waals surface area contributed by atoms with Crippen molar-refractivity contribution in [1.82, 2.24) is 5.32 Å². The van der Waals surface area contributed by atoms with Gasteiger partial charge in [0, 0.05) is 11.7 Å². The summed E-state index contributed by atoms with van der Waals surface area (Å²) in [5.41, 5.74) is 0. The van der Waals surface area contributed by atoms with Gasteiger partial charge in [-0.05, 0) is 12.7 Å². The average molecular weight is 219 g/mol. The van der Waals surface area contributed by atoms with Gasteiger partial charge in [0.15, 0.2) is 0 Å². The minimum absolute atomic E-state index is 0.147. The van der Waals surface area contributed by atoms with E-state index in [-0.39, 0.29) is 10.7 Å². The molecule has 0 aromatic rings. The molecule has 0 saturated carbocycles. The van der Waals surface area contributed by atoms with Gasteiger partial charge in [-0.1, -0.05) is 13.8 Å². The molecule has 0 aromatic heterocycles. The van der Waals surface area contributed by atoms with Crippen LogP contribution in [0.25, 0.3) is 0 Å². The van der Waals surface area contributed by atoms with Crippen LogP contribution in [0.4, 0.5) is 0 Å². The van der Waals surface area contributed by atoms with Crippen LogP contribution in [0.1, 0.15) is 27.2 Å². The lowest BCUT2D eigenvalue weighted by Gasteiger charge is -2.25. The van der Waals surface area contributed by atoms with E-state index < -0.39 is 12.0 Å². The number of amides is 1. The van der Waals surface area contributed by atoms with E-state index in [2.05, 4.69) is 5.32 Å². The first-order valence-corrected chi connectivity index (χ1v) is 5.56. The molecule has 0 aliphatic rings. The van der Waals surface area contributed by atoms with Crippen molar-refractivity contribution >= 4 is 23.6 Å². The first kappa shape index (κ1) is 13.3. The van der Waals surface area contributed by atoms with E-state index in [4.69, 9.17) is 5.11 Å². The second kappa shape index (κ2) is 5.24. The lowest BCUT2D eigenvalue weighted by Crippen LogP contribution is -2.43. The fourth-order valence-electron chi connectivity index (χ4n) is 1.02. The van der Waals surface area contributed by atoms with E-state index >= 15 is 0 Å². The van der Waals surface area contributed by atoms with Gasteiger partial charge in [-0.15, -0.1) is 0 Å². The van der Waals surface area contributed by atoms with Crippen LogP contribution in [-0.4, -0.2) is 34.0 Å². The zero-order chi connectivity index (χ0) is 11.4. The molecule has 0 heterocycles. The summed E-state index contributed by atoms with van der Waals surface area (Å²) in [4.78, 5) is 21.6. The molecule has 0 aliphatic heterocycles. The second-order valence-corrected chi connectivity index (χ2v) is 5.27. The first-order valence-electron chi connectivity index (χ1n) is 4.33. The molecule has 82 valence electrons. The molecular formula is C9H17NO3S. The molecule has 0 spiro atoms. The maximum Gasteiger partial charge on any atom is 0.326 e. The number of hydrogen-bond donors (Lipinski definition) is 2. The lowest BCUT2D eigenvalue weighted by molar-refractivity contribution is -0.141. The predicted molar refractivity (Wildman–Crippen MR) is 57.5 cm³/mol. The minimum atomic E-state index is -0.984. The molecule has 14 heavy (non-hydrogen) atoms. The van der Waals surface area contributed by atoms with E-state index in [0.717, 1.165) is 0 Å². The highest BCUT2D eigenvalue weighted by Crippen LogP contribution is 2.26. The summed E-state index contributed by atoms with van der Waals surface area (Å²) in [5.74, 6) is -1.29. The van der Waals surface area contributed by atoms with Gasteiger partial charge in [0.2, 0.25) is 5.91 Å². The monoisotopic (exact) mass is 219 g/mol. The Labute approximate surface area is 88.4 Å². The molecule has 0 aliphatic carbocycles. The Kier molecular flexibility index (Phi) is 4.97. The van der Waals surface area contributed by atoms with Crippen molar-refractivity contribution in [2.75, 3.05) is 6.26 Å². The number of aliphatic carboxylic acids is 1. The predicted octanol–water partition coefficient (Wildman–Crippen LogP) is 1.11. The number of nitrogens with one attached hydrogen (secondary N) is 1. The highest BCUT2D eigenvalue weighted by atomic mass is 32.2. The highest BCUT2D eigenvalue weighted by Gasteiger charge is 2.27. The molecule has 4 nitrogen and oxygen atoms in total. The van der Waals surface area contributed by atoms with Crippen molar-refractivity contribution in [2.45, 2.75) is 38.0 Å². The fraction of sp³-hybridized carbons (Fsp3) is 0.778. The van der Waals surface area contributed by atoms with Crippen LogP contribution in [0.15, 0.2) is 0 Å². The maximum atomic E-state index is 10.8. The average Bonchev–Trinajstić information content (AvgIpc) is 2.02. The largest absolute Gasteiger partial charge is 0.480 e. The highest BCUT2D eigenvalue weighted by molar-refractivity contribution is 7.99. The molecule has 5 heteroatoms. The van der Waals surface area contributed by atoms with Gasteiger partial charge < -0.3 is 10.4 Å². The molecule has 1 unspecified atom stereocenters. The maximum absolute atomic E-state index is 10.8. The molecule has 1 atom stereocenters. The molecule has 0 rings (SSSR count). The number of thioether (sulfide) groups is 1. The van der Waals surface area contributed by atoms with Crippen LogP contribution in [0.3, 0.4) is 0 Å². The van der Waals surface area contributed by atoms with Crippen molar-refractivity contribution in [1.29, 1.82) is 0 Å². The first-order chi connectivity index (χ1) is 6.28. The third-order valence-corrected chi connectivity index (χ3v) is 3.20. The number of hydrogen-bond acceptors (Lipinski definition) is 3. The summed E-state index contributed by atoms with van der Waals surface area (Å²) >= 11 is 1.59. The molecular weight excluding hydrogens is 202 g/mol. The Morgan fingerprint density at radius 1 is 1.50 bits per heavy atom. The molecule has 2 N–H and O–H groups in total. The van der Waals surface area contributed by atoms with Gasteiger partial charge in [-0.3, -0.25) is 4.79 Å². The molecule has 1 amide bonds. The number of carboxylic acids is 1. The van der Waals surface area contributed by atoms with Gasteiger partial charge in [-0.25, -0.2) is 4.79 Å². The Balaban J connectivity index is 4.38. The molecule has 0 fully saturated rings. The minimum Gasteiger partial charge on any atom is -0.480 e. The van der Waals surface area contributed by atoms with Gasteiger partial charge >= 0.3 is 5.97 Å². The van der Waals surface area contributed by atoms with Crippen molar-refractivity contribution in [3.8, 4) is 0 Å². The SMILES string of the molecule is CSC(C)(C)CC(NC(C)=O)C(=O)O. The quantitative estimate of drug-likeness (QED) is 0.727. The van der Waals surface area contributed by atoms with Crippen LogP contribution >= 0.6 is 11.8 Å². The summed E-state index contributed by atoms with van der Waals surface area (Å²) in [6.07, 6.45) is 2.34. The molecule has 0 radical (unpaired) electrons. The van der Waals surface area contributed by atoms with Crippen molar-refractivity contribution < 1.29 is 14.7 Å². The Hall–Kier alpha value is -0.710. The standard InChI is InChI=1S/C9H17NO3S/c1-6(11)10-7(8(12)13)5-9(2,3)14-4/h7H,5H2,1-4H3,(H,10,11)(H,12,13). The molecule has 0 aromatic carbocycles. The Bertz CT molecular complexity index is 228. The number of carbonyl (C=O) groups is 2. The zero-order valence-electron chi connectivity index (χ0n) is 8.96. The van der Waals surface area contributed by atoms with E-state index in [0.29, 0.717) is 6.42 Å². The van der Waals surface area contributed by atoms with Gasteiger partial charge in [0.1, 0.15) is 6.04 Å². The van der Waals surface area contributed by atoms with Crippen molar-refractivity contribution in [3.63, 3.8) is 0 Å². The summed E-state index contributed by atoms with van der Waals surface area (Å²) in [7, 11) is 0. The lowest BCUT2D eigenvalue weighted by atomic mass is 10.0. The molecule has 0 bridgehead atoms.